The molecule has 0 aromatic heterocycles. The fourth-order valence-corrected chi connectivity index (χ4v) is 5.05. The van der Waals surface area contributed by atoms with Gasteiger partial charge in [-0.2, -0.15) is 0 Å². The third-order valence-corrected chi connectivity index (χ3v) is 6.77. The highest BCUT2D eigenvalue weighted by atomic mass is 32.2. The molecular weight excluding hydrogens is 412 g/mol. The van der Waals surface area contributed by atoms with Gasteiger partial charge in [0.2, 0.25) is 0 Å². The average Bonchev–Trinajstić information content (AvgIpc) is 3.22. The summed E-state index contributed by atoms with van der Waals surface area (Å²) in [5, 5.41) is 10.6. The van der Waals surface area contributed by atoms with Gasteiger partial charge in [0.1, 0.15) is 23.7 Å². The van der Waals surface area contributed by atoms with Crippen molar-refractivity contribution in [2.24, 2.45) is 4.99 Å². The summed E-state index contributed by atoms with van der Waals surface area (Å²) in [5.41, 5.74) is 2.05. The monoisotopic (exact) mass is 442 g/mol. The number of hydrogen-bond donors (Lipinski definition) is 1. The zero-order valence-corrected chi connectivity index (χ0v) is 18.8. The summed E-state index contributed by atoms with van der Waals surface area (Å²) >= 11 is 1.61. The van der Waals surface area contributed by atoms with Crippen LogP contribution >= 0.6 is 11.8 Å². The number of rotatable bonds is 8. The van der Waals surface area contributed by atoms with E-state index in [4.69, 9.17) is 19.2 Å². The van der Waals surface area contributed by atoms with Crippen LogP contribution in [0.5, 0.6) is 0 Å². The molecule has 0 radical (unpaired) electrons. The van der Waals surface area contributed by atoms with Crippen molar-refractivity contribution in [3.05, 3.63) is 71.8 Å². The number of hydrogen-bond acceptors (Lipinski definition) is 7. The molecule has 2 aliphatic rings. The number of amidine groups is 1. The number of fused-ring (bicyclic) bond motifs is 1. The number of aliphatic imine (C=N–C) groups is 1. The van der Waals surface area contributed by atoms with Gasteiger partial charge in [-0.25, -0.2) is 0 Å². The van der Waals surface area contributed by atoms with Crippen molar-refractivity contribution in [1.29, 1.82) is 0 Å². The Morgan fingerprint density at radius 3 is 2.06 bits per heavy atom. The highest BCUT2D eigenvalue weighted by Crippen LogP contribution is 2.40. The summed E-state index contributed by atoms with van der Waals surface area (Å²) in [7, 11) is 3.97. The topological polar surface area (TPSA) is 63.5 Å². The lowest BCUT2D eigenvalue weighted by Gasteiger charge is -2.42. The number of ether oxygens (including phenoxy) is 3. The molecule has 1 saturated heterocycles. The lowest BCUT2D eigenvalue weighted by atomic mass is 9.95. The van der Waals surface area contributed by atoms with Crippen LogP contribution in [0.1, 0.15) is 17.5 Å². The van der Waals surface area contributed by atoms with E-state index in [0.29, 0.717) is 19.6 Å². The van der Waals surface area contributed by atoms with Crippen LogP contribution in [-0.4, -0.2) is 65.7 Å². The van der Waals surface area contributed by atoms with Gasteiger partial charge in [-0.3, -0.25) is 4.99 Å². The minimum Gasteiger partial charge on any atom is -0.396 e. The van der Waals surface area contributed by atoms with Gasteiger partial charge in [-0.15, -0.1) is 0 Å². The van der Waals surface area contributed by atoms with Crippen LogP contribution in [0.25, 0.3) is 0 Å². The standard InChI is InChI=1S/C24H30N2O4S/c1-26(2)24-25-20-22(29-16-18-11-7-4-8-12-18)21(19(13-14-27)30-23(20)31-24)28-15-17-9-5-3-6-10-17/h3-12,19-23,27H,13-16H2,1-2H3/t19-,20-,21-,22-,23-/m1/s1. The predicted octanol–water partition coefficient (Wildman–Crippen LogP) is 3.30. The predicted molar refractivity (Wildman–Crippen MR) is 123 cm³/mol. The quantitative estimate of drug-likeness (QED) is 0.677. The third kappa shape index (κ3) is 5.48. The molecule has 2 aromatic rings. The van der Waals surface area contributed by atoms with Gasteiger partial charge in [0.05, 0.1) is 19.3 Å². The molecule has 166 valence electrons. The first-order chi connectivity index (χ1) is 15.2. The maximum absolute atomic E-state index is 9.68. The molecule has 2 aliphatic heterocycles. The zero-order valence-electron chi connectivity index (χ0n) is 18.0. The minimum absolute atomic E-state index is 0.0325. The zero-order chi connectivity index (χ0) is 21.6. The van der Waals surface area contributed by atoms with E-state index < -0.39 is 0 Å². The van der Waals surface area contributed by atoms with Crippen LogP contribution < -0.4 is 0 Å². The van der Waals surface area contributed by atoms with Crippen molar-refractivity contribution in [3.63, 3.8) is 0 Å². The molecule has 1 fully saturated rings. The Balaban J connectivity index is 1.57. The minimum atomic E-state index is -0.330. The summed E-state index contributed by atoms with van der Waals surface area (Å²) in [5.74, 6) is 0. The highest BCUT2D eigenvalue weighted by Gasteiger charge is 2.50. The van der Waals surface area contributed by atoms with Crippen molar-refractivity contribution in [2.45, 2.75) is 49.4 Å². The SMILES string of the molecule is CN(C)C1=N[C@@H]2[C@@H](OCc3ccccc3)[C@H](OCc3ccccc3)[C@@H](CCO)O[C@@H]2S1. The Morgan fingerprint density at radius 1 is 0.935 bits per heavy atom. The van der Waals surface area contributed by atoms with E-state index in [1.54, 1.807) is 11.8 Å². The van der Waals surface area contributed by atoms with Crippen LogP contribution in [-0.2, 0) is 27.4 Å². The van der Waals surface area contributed by atoms with Gasteiger partial charge in [-0.05, 0) is 17.5 Å². The molecule has 2 heterocycles. The normalized spacial score (nSPS) is 27.6. The fraction of sp³-hybridized carbons (Fsp3) is 0.458. The second kappa shape index (κ2) is 10.6. The molecular formula is C24H30N2O4S. The summed E-state index contributed by atoms with van der Waals surface area (Å²) < 4.78 is 19.2. The molecule has 6 nitrogen and oxygen atoms in total. The molecule has 7 heteroatoms. The first-order valence-electron chi connectivity index (χ1n) is 10.6. The first kappa shape index (κ1) is 22.3. The average molecular weight is 443 g/mol. The number of benzene rings is 2. The second-order valence-electron chi connectivity index (χ2n) is 7.99. The lowest BCUT2D eigenvalue weighted by Crippen LogP contribution is -2.57. The number of nitrogens with zero attached hydrogens (tertiary/aromatic N) is 2. The molecule has 5 atom stereocenters. The van der Waals surface area contributed by atoms with Crippen LogP contribution in [0.2, 0.25) is 0 Å². The van der Waals surface area contributed by atoms with Crippen molar-refractivity contribution in [1.82, 2.24) is 4.90 Å². The van der Waals surface area contributed by atoms with E-state index in [1.807, 2.05) is 67.5 Å². The van der Waals surface area contributed by atoms with Crippen molar-refractivity contribution < 1.29 is 19.3 Å². The Morgan fingerprint density at radius 2 is 1.52 bits per heavy atom. The molecule has 2 aromatic carbocycles. The third-order valence-electron chi connectivity index (χ3n) is 5.46. The molecule has 4 rings (SSSR count). The molecule has 0 spiro atoms. The van der Waals surface area contributed by atoms with Crippen molar-refractivity contribution in [2.75, 3.05) is 20.7 Å². The van der Waals surface area contributed by atoms with Gasteiger partial charge in [-0.1, -0.05) is 72.4 Å². The van der Waals surface area contributed by atoms with Gasteiger partial charge in [0.15, 0.2) is 5.17 Å². The fourth-order valence-electron chi connectivity index (χ4n) is 3.89. The molecule has 31 heavy (non-hydrogen) atoms. The Bertz CT molecular complexity index is 849. The molecule has 0 unspecified atom stereocenters. The van der Waals surface area contributed by atoms with E-state index in [-0.39, 0.29) is 36.4 Å². The Labute approximate surface area is 188 Å². The van der Waals surface area contributed by atoms with E-state index in [2.05, 4.69) is 12.1 Å². The maximum Gasteiger partial charge on any atom is 0.161 e. The Hall–Kier alpha value is -1.90. The lowest BCUT2D eigenvalue weighted by molar-refractivity contribution is -0.200. The summed E-state index contributed by atoms with van der Waals surface area (Å²) in [6.07, 6.45) is -0.376. The summed E-state index contributed by atoms with van der Waals surface area (Å²) in [4.78, 5) is 6.92. The van der Waals surface area contributed by atoms with Crippen LogP contribution in [0.4, 0.5) is 0 Å². The first-order valence-corrected chi connectivity index (χ1v) is 11.5. The number of thioether (sulfide) groups is 1. The van der Waals surface area contributed by atoms with Crippen molar-refractivity contribution in [3.8, 4) is 0 Å². The van der Waals surface area contributed by atoms with Crippen molar-refractivity contribution >= 4 is 16.9 Å². The maximum atomic E-state index is 9.68. The number of aliphatic hydroxyl groups is 1. The largest absolute Gasteiger partial charge is 0.396 e. The van der Waals surface area contributed by atoms with E-state index in [0.717, 1.165) is 16.3 Å². The number of aliphatic hydroxyl groups excluding tert-OH is 1. The van der Waals surface area contributed by atoms with Crippen LogP contribution in [0, 0.1) is 0 Å². The smallest absolute Gasteiger partial charge is 0.161 e. The van der Waals surface area contributed by atoms with E-state index in [9.17, 15) is 5.11 Å². The summed E-state index contributed by atoms with van der Waals surface area (Å²) in [6, 6.07) is 20.0. The summed E-state index contributed by atoms with van der Waals surface area (Å²) in [6.45, 7) is 0.963. The van der Waals surface area contributed by atoms with Gasteiger partial charge >= 0.3 is 0 Å². The van der Waals surface area contributed by atoms with Gasteiger partial charge in [0, 0.05) is 20.7 Å². The van der Waals surface area contributed by atoms with Crippen LogP contribution in [0.15, 0.2) is 65.7 Å². The van der Waals surface area contributed by atoms with Gasteiger partial charge in [0.25, 0.3) is 0 Å². The van der Waals surface area contributed by atoms with E-state index >= 15 is 0 Å². The second-order valence-corrected chi connectivity index (χ2v) is 9.06. The molecule has 0 aliphatic carbocycles. The molecule has 1 N–H and O–H groups in total. The van der Waals surface area contributed by atoms with Crippen LogP contribution in [0.3, 0.4) is 0 Å². The molecule has 0 saturated carbocycles. The highest BCUT2D eigenvalue weighted by molar-refractivity contribution is 8.14. The molecule has 0 bridgehead atoms. The Kier molecular flexibility index (Phi) is 7.63. The van der Waals surface area contributed by atoms with Gasteiger partial charge < -0.3 is 24.2 Å². The van der Waals surface area contributed by atoms with E-state index in [1.165, 1.54) is 0 Å². The molecule has 0 amide bonds.